The third kappa shape index (κ3) is 2.29. The van der Waals surface area contributed by atoms with Crippen LogP contribution in [0, 0.1) is 17.3 Å². The number of hydrogen-bond donors (Lipinski definition) is 0. The van der Waals surface area contributed by atoms with E-state index < -0.39 is 5.41 Å². The molecule has 3 aromatic rings. The Bertz CT molecular complexity index is 1160. The number of rotatable bonds is 3. The van der Waals surface area contributed by atoms with Crippen LogP contribution < -0.4 is 0 Å². The van der Waals surface area contributed by atoms with Crippen molar-refractivity contribution in [3.63, 3.8) is 0 Å². The number of allylic oxidation sites excluding steroid dienone is 2. The highest BCUT2D eigenvalue weighted by Gasteiger charge is 2.66. The van der Waals surface area contributed by atoms with Crippen LogP contribution in [-0.2, 0) is 16.1 Å². The average Bonchev–Trinajstić information content (AvgIpc) is 3.50. The van der Waals surface area contributed by atoms with Crippen LogP contribution in [0.3, 0.4) is 0 Å². The van der Waals surface area contributed by atoms with E-state index in [0.29, 0.717) is 19.0 Å². The van der Waals surface area contributed by atoms with Crippen LogP contribution >= 0.6 is 11.3 Å². The molecule has 2 heterocycles. The number of ketones is 1. The van der Waals surface area contributed by atoms with Gasteiger partial charge in [0.25, 0.3) is 5.91 Å². The van der Waals surface area contributed by atoms with Gasteiger partial charge in [0.1, 0.15) is 0 Å². The van der Waals surface area contributed by atoms with Gasteiger partial charge in [0.2, 0.25) is 5.78 Å². The maximum atomic E-state index is 13.5. The van der Waals surface area contributed by atoms with Crippen molar-refractivity contribution in [1.29, 1.82) is 0 Å². The molecule has 3 aliphatic rings. The number of fused-ring (bicyclic) bond motifs is 4. The van der Waals surface area contributed by atoms with Crippen LogP contribution in [0.2, 0.25) is 0 Å². The highest BCUT2D eigenvalue weighted by Crippen LogP contribution is 2.64. The Morgan fingerprint density at radius 2 is 1.79 bits per heavy atom. The second-order valence-corrected chi connectivity index (χ2v) is 9.48. The molecule has 4 atom stereocenters. The molecule has 2 fully saturated rings. The molecular formula is C25H21NO2S. The lowest BCUT2D eigenvalue weighted by Crippen LogP contribution is -2.41. The zero-order valence-electron chi connectivity index (χ0n) is 16.0. The maximum Gasteiger partial charge on any atom is 0.290 e. The number of Topliss-reactive ketones (excluding diaryl/α,β-unsaturated/α-hetero) is 1. The molecule has 1 aliphatic heterocycles. The quantitative estimate of drug-likeness (QED) is 0.469. The zero-order chi connectivity index (χ0) is 19.6. The van der Waals surface area contributed by atoms with E-state index in [4.69, 9.17) is 0 Å². The molecule has 0 N–H and O–H groups in total. The Hall–Kier alpha value is -2.72. The number of hydrogen-bond acceptors (Lipinski definition) is 3. The van der Waals surface area contributed by atoms with E-state index in [2.05, 4.69) is 41.8 Å². The predicted molar refractivity (Wildman–Crippen MR) is 115 cm³/mol. The smallest absolute Gasteiger partial charge is 0.290 e. The molecule has 3 nitrogen and oxygen atoms in total. The summed E-state index contributed by atoms with van der Waals surface area (Å²) in [5, 5.41) is 3.47. The third-order valence-electron chi connectivity index (χ3n) is 7.18. The van der Waals surface area contributed by atoms with Crippen molar-refractivity contribution in [1.82, 2.24) is 4.90 Å². The summed E-state index contributed by atoms with van der Waals surface area (Å²) in [5.74, 6) is 0.107. The Kier molecular flexibility index (Phi) is 3.63. The summed E-state index contributed by atoms with van der Waals surface area (Å²) in [7, 11) is 0. The SMILES string of the molecule is O=C1C(=O)[C@@]2(CN1Cc1ccccc1)[C@H](c1csc3ccccc13)[C@@H]1C=C[C@H]2C1. The van der Waals surface area contributed by atoms with Crippen molar-refractivity contribution in [2.75, 3.05) is 6.54 Å². The Labute approximate surface area is 173 Å². The van der Waals surface area contributed by atoms with E-state index in [1.165, 1.54) is 15.6 Å². The first-order valence-electron chi connectivity index (χ1n) is 10.2. The van der Waals surface area contributed by atoms with Gasteiger partial charge in [0.05, 0.1) is 5.41 Å². The van der Waals surface area contributed by atoms with Gasteiger partial charge < -0.3 is 4.90 Å². The van der Waals surface area contributed by atoms with Gasteiger partial charge in [-0.3, -0.25) is 9.59 Å². The summed E-state index contributed by atoms with van der Waals surface area (Å²) in [6.07, 6.45) is 5.46. The Morgan fingerprint density at radius 3 is 2.66 bits per heavy atom. The fraction of sp³-hybridized carbons (Fsp3) is 0.280. The lowest BCUT2D eigenvalue weighted by atomic mass is 9.64. The van der Waals surface area contributed by atoms with Gasteiger partial charge in [-0.25, -0.2) is 0 Å². The first-order valence-corrected chi connectivity index (χ1v) is 11.1. The van der Waals surface area contributed by atoms with E-state index in [1.807, 2.05) is 30.3 Å². The summed E-state index contributed by atoms with van der Waals surface area (Å²) < 4.78 is 1.25. The van der Waals surface area contributed by atoms with Gasteiger partial charge in [-0.05, 0) is 46.2 Å². The van der Waals surface area contributed by atoms with E-state index >= 15 is 0 Å². The number of thiophene rings is 1. The molecule has 6 rings (SSSR count). The lowest BCUT2D eigenvalue weighted by molar-refractivity contribution is -0.143. The number of nitrogens with zero attached hydrogens (tertiary/aromatic N) is 1. The maximum absolute atomic E-state index is 13.5. The molecule has 1 saturated carbocycles. The summed E-state index contributed by atoms with van der Waals surface area (Å²) in [6, 6.07) is 18.4. The molecule has 1 aromatic heterocycles. The fourth-order valence-corrected chi connectivity index (χ4v) is 6.97. The molecule has 4 heteroatoms. The predicted octanol–water partition coefficient (Wildman–Crippen LogP) is 4.79. The third-order valence-corrected chi connectivity index (χ3v) is 8.16. The van der Waals surface area contributed by atoms with Crippen molar-refractivity contribution in [3.05, 3.63) is 83.3 Å². The van der Waals surface area contributed by atoms with Gasteiger partial charge in [-0.15, -0.1) is 11.3 Å². The van der Waals surface area contributed by atoms with Gasteiger partial charge in [-0.1, -0.05) is 60.7 Å². The Balaban J connectivity index is 1.44. The summed E-state index contributed by atoms with van der Waals surface area (Å²) in [6.45, 7) is 1.03. The van der Waals surface area contributed by atoms with Crippen molar-refractivity contribution in [2.24, 2.45) is 17.3 Å². The molecular weight excluding hydrogens is 378 g/mol. The van der Waals surface area contributed by atoms with Crippen LogP contribution in [0.15, 0.2) is 72.1 Å². The summed E-state index contributed by atoms with van der Waals surface area (Å²) in [4.78, 5) is 28.4. The Morgan fingerprint density at radius 1 is 1.00 bits per heavy atom. The molecule has 29 heavy (non-hydrogen) atoms. The molecule has 1 saturated heterocycles. The number of carbonyl (C=O) groups is 2. The normalized spacial score (nSPS) is 30.3. The molecule has 0 radical (unpaired) electrons. The van der Waals surface area contributed by atoms with Crippen LogP contribution in [-0.4, -0.2) is 23.1 Å². The van der Waals surface area contributed by atoms with Gasteiger partial charge >= 0.3 is 0 Å². The van der Waals surface area contributed by atoms with Crippen molar-refractivity contribution in [2.45, 2.75) is 18.9 Å². The number of carbonyl (C=O) groups excluding carboxylic acids is 2. The van der Waals surface area contributed by atoms with E-state index in [-0.39, 0.29) is 23.5 Å². The highest BCUT2D eigenvalue weighted by atomic mass is 32.1. The molecule has 144 valence electrons. The fourth-order valence-electron chi connectivity index (χ4n) is 5.98. The van der Waals surface area contributed by atoms with E-state index in [0.717, 1.165) is 12.0 Å². The van der Waals surface area contributed by atoms with Gasteiger partial charge in [0.15, 0.2) is 0 Å². The highest BCUT2D eigenvalue weighted by molar-refractivity contribution is 7.17. The van der Waals surface area contributed by atoms with Crippen molar-refractivity contribution < 1.29 is 9.59 Å². The molecule has 1 spiro atoms. The minimum atomic E-state index is -0.616. The van der Waals surface area contributed by atoms with Gasteiger partial charge in [0, 0.05) is 23.7 Å². The monoisotopic (exact) mass is 399 g/mol. The van der Waals surface area contributed by atoms with Crippen LogP contribution in [0.4, 0.5) is 0 Å². The summed E-state index contributed by atoms with van der Waals surface area (Å²) >= 11 is 1.74. The van der Waals surface area contributed by atoms with Crippen LogP contribution in [0.1, 0.15) is 23.5 Å². The number of likely N-dealkylation sites (tertiary alicyclic amines) is 1. The molecule has 1 amide bonds. The second kappa shape index (κ2) is 6.14. The van der Waals surface area contributed by atoms with Crippen molar-refractivity contribution in [3.8, 4) is 0 Å². The topological polar surface area (TPSA) is 37.4 Å². The largest absolute Gasteiger partial charge is 0.331 e. The van der Waals surface area contributed by atoms with E-state index in [1.54, 1.807) is 16.2 Å². The minimum absolute atomic E-state index is 0.0888. The standard InChI is InChI=1S/C25H21NO2S/c27-23-24(28)26(13-16-6-2-1-3-7-16)15-25(23)18-11-10-17(12-18)22(25)20-14-29-21-9-5-4-8-19(20)21/h1-11,14,17-18,22H,12-13,15H2/t17-,18+,22+,25-/m1/s1. The minimum Gasteiger partial charge on any atom is -0.331 e. The first-order chi connectivity index (χ1) is 14.2. The van der Waals surface area contributed by atoms with E-state index in [9.17, 15) is 9.59 Å². The molecule has 0 unspecified atom stereocenters. The average molecular weight is 400 g/mol. The zero-order valence-corrected chi connectivity index (χ0v) is 16.8. The van der Waals surface area contributed by atoms with Crippen LogP contribution in [0.25, 0.3) is 10.1 Å². The number of amides is 1. The molecule has 2 aliphatic carbocycles. The molecule has 2 aromatic carbocycles. The number of benzene rings is 2. The van der Waals surface area contributed by atoms with Crippen LogP contribution in [0.5, 0.6) is 0 Å². The van der Waals surface area contributed by atoms with Gasteiger partial charge in [-0.2, -0.15) is 0 Å². The van der Waals surface area contributed by atoms with Crippen molar-refractivity contribution >= 4 is 33.1 Å². The second-order valence-electron chi connectivity index (χ2n) is 8.57. The molecule has 2 bridgehead atoms. The summed E-state index contributed by atoms with van der Waals surface area (Å²) in [5.41, 5.74) is 1.71. The lowest BCUT2D eigenvalue weighted by Gasteiger charge is -2.36. The first kappa shape index (κ1) is 17.2.